The van der Waals surface area contributed by atoms with E-state index in [0.717, 1.165) is 57.1 Å². The Bertz CT molecular complexity index is 1050. The number of Topliss-reactive ketones (excluding diaryl/α,β-unsaturated/α-hetero) is 1. The Hall–Kier alpha value is -0.700. The highest BCUT2D eigenvalue weighted by atomic mass is 32.2. The van der Waals surface area contributed by atoms with Crippen LogP contribution in [0.25, 0.3) is 0 Å². The third-order valence-electron chi connectivity index (χ3n) is 11.3. The number of aliphatic hydroxyl groups is 1. The zero-order chi connectivity index (χ0) is 28.8. The predicted molar refractivity (Wildman–Crippen MR) is 153 cm³/mol. The zero-order valence-electron chi connectivity index (χ0n) is 24.3. The van der Waals surface area contributed by atoms with Crippen LogP contribution in [0.4, 0.5) is 0 Å². The minimum atomic E-state index is -3.67. The van der Waals surface area contributed by atoms with Crippen molar-refractivity contribution in [3.8, 4) is 5.40 Å². The van der Waals surface area contributed by atoms with E-state index in [4.69, 9.17) is 14.6 Å². The topological polar surface area (TPSA) is 128 Å². The van der Waals surface area contributed by atoms with Gasteiger partial charge in [0.15, 0.2) is 0 Å². The lowest BCUT2D eigenvalue weighted by Crippen LogP contribution is -2.62. The lowest BCUT2D eigenvalue weighted by molar-refractivity contribution is -0.169. The second-order valence-electron chi connectivity index (χ2n) is 14.1. The number of thiocyanates is 1. The molecule has 39 heavy (non-hydrogen) atoms. The van der Waals surface area contributed by atoms with Crippen LogP contribution in [0.5, 0.6) is 0 Å². The van der Waals surface area contributed by atoms with E-state index >= 15 is 0 Å². The summed E-state index contributed by atoms with van der Waals surface area (Å²) in [7, 11) is -3.67. The van der Waals surface area contributed by atoms with Crippen LogP contribution in [0, 0.1) is 51.1 Å². The van der Waals surface area contributed by atoms with Gasteiger partial charge in [0.05, 0.1) is 30.3 Å². The number of fused-ring (bicyclic) bond motifs is 5. The summed E-state index contributed by atoms with van der Waals surface area (Å²) in [5, 5.41) is 22.3. The summed E-state index contributed by atoms with van der Waals surface area (Å²) in [4.78, 5) is 15.5. The Balaban J connectivity index is 0.000000648. The van der Waals surface area contributed by atoms with Crippen LogP contribution in [-0.4, -0.2) is 78.2 Å². The molecule has 5 rings (SSSR count). The first kappa shape index (κ1) is 31.2. The van der Waals surface area contributed by atoms with E-state index in [9.17, 15) is 18.3 Å². The lowest BCUT2D eigenvalue weighted by Gasteiger charge is -2.63. The second kappa shape index (κ2) is 11.5. The quantitative estimate of drug-likeness (QED) is 0.365. The van der Waals surface area contributed by atoms with Gasteiger partial charge in [0.1, 0.15) is 11.2 Å². The third-order valence-corrected chi connectivity index (χ3v) is 11.8. The summed E-state index contributed by atoms with van der Waals surface area (Å²) in [6.45, 7) is 11.9. The second-order valence-corrected chi connectivity index (χ2v) is 16.3. The summed E-state index contributed by atoms with van der Waals surface area (Å²) in [5.74, 6) is 3.47. The van der Waals surface area contributed by atoms with Crippen LogP contribution in [0.2, 0.25) is 0 Å². The molecule has 0 unspecified atom stereocenters. The van der Waals surface area contributed by atoms with E-state index in [-0.39, 0.29) is 34.5 Å². The third kappa shape index (κ3) is 6.54. The number of aliphatic hydroxyl groups excluding tert-OH is 1. The van der Waals surface area contributed by atoms with Gasteiger partial charge in [0.25, 0.3) is 10.1 Å². The fraction of sp³-hybridized carbons (Fsp3) is 0.931. The molecule has 0 amide bonds. The molecule has 5 aliphatic rings. The SMILES string of the molecule is CC1(C)CN([C@H]2C[C@@]3(C)[C@@H](CC[C@@H]4[C@@H]3CC[C@]3(C)[C@@H](C(=O)CSC#N)CC[C@@H]43)C[C@@H]2O)CCO1.CS(=O)(=O)O. The number of hydrogen-bond donors (Lipinski definition) is 2. The maximum atomic E-state index is 13.0. The van der Waals surface area contributed by atoms with Gasteiger partial charge >= 0.3 is 0 Å². The van der Waals surface area contributed by atoms with Gasteiger partial charge in [0.2, 0.25) is 0 Å². The molecule has 0 aromatic carbocycles. The van der Waals surface area contributed by atoms with E-state index in [1.807, 2.05) is 0 Å². The molecule has 0 aromatic heterocycles. The lowest BCUT2D eigenvalue weighted by atomic mass is 9.44. The molecule has 2 N–H and O–H groups in total. The van der Waals surface area contributed by atoms with Crippen molar-refractivity contribution >= 4 is 27.7 Å². The number of ketones is 1. The van der Waals surface area contributed by atoms with Gasteiger partial charge < -0.3 is 9.84 Å². The van der Waals surface area contributed by atoms with Gasteiger partial charge in [-0.2, -0.15) is 13.7 Å². The maximum absolute atomic E-state index is 13.0. The highest BCUT2D eigenvalue weighted by Gasteiger charge is 2.62. The molecular formula is C29H48N2O6S2. The number of ether oxygens (including phenoxy) is 1. The molecule has 10 heteroatoms. The molecule has 1 aliphatic heterocycles. The highest BCUT2D eigenvalue weighted by molar-refractivity contribution is 8.04. The van der Waals surface area contributed by atoms with Crippen molar-refractivity contribution in [2.45, 2.75) is 96.8 Å². The van der Waals surface area contributed by atoms with Crippen LogP contribution in [0.3, 0.4) is 0 Å². The number of nitriles is 1. The minimum Gasteiger partial charge on any atom is -0.391 e. The fourth-order valence-corrected chi connectivity index (χ4v) is 10.1. The monoisotopic (exact) mass is 584 g/mol. The molecular weight excluding hydrogens is 536 g/mol. The van der Waals surface area contributed by atoms with Crippen molar-refractivity contribution in [3.63, 3.8) is 0 Å². The summed E-state index contributed by atoms with van der Waals surface area (Å²) in [6.07, 6.45) is 9.57. The first-order valence-electron chi connectivity index (χ1n) is 14.6. The Morgan fingerprint density at radius 3 is 2.41 bits per heavy atom. The maximum Gasteiger partial charge on any atom is 0.261 e. The molecule has 4 aliphatic carbocycles. The van der Waals surface area contributed by atoms with Crippen LogP contribution in [0.1, 0.15) is 79.1 Å². The van der Waals surface area contributed by atoms with Crippen LogP contribution in [-0.2, 0) is 19.6 Å². The van der Waals surface area contributed by atoms with Crippen molar-refractivity contribution in [1.82, 2.24) is 4.90 Å². The van der Waals surface area contributed by atoms with Crippen LogP contribution >= 0.6 is 11.8 Å². The van der Waals surface area contributed by atoms with Crippen molar-refractivity contribution < 1.29 is 27.6 Å². The van der Waals surface area contributed by atoms with E-state index in [2.05, 4.69) is 38.0 Å². The molecule has 8 nitrogen and oxygen atoms in total. The van der Waals surface area contributed by atoms with Crippen molar-refractivity contribution in [2.75, 3.05) is 31.7 Å². The Labute approximate surface area is 239 Å². The predicted octanol–water partition coefficient (Wildman–Crippen LogP) is 4.38. The number of hydrogen-bond acceptors (Lipinski definition) is 8. The largest absolute Gasteiger partial charge is 0.391 e. The van der Waals surface area contributed by atoms with Crippen LogP contribution in [0.15, 0.2) is 0 Å². The fourth-order valence-electron chi connectivity index (χ4n) is 9.72. The van der Waals surface area contributed by atoms with Crippen molar-refractivity contribution in [2.24, 2.45) is 40.4 Å². The smallest absolute Gasteiger partial charge is 0.261 e. The number of rotatable bonds is 4. The zero-order valence-corrected chi connectivity index (χ0v) is 25.9. The summed E-state index contributed by atoms with van der Waals surface area (Å²) >= 11 is 1.11. The molecule has 0 radical (unpaired) electrons. The average Bonchev–Trinajstić information content (AvgIpc) is 3.18. The number of carbonyl (C=O) groups is 1. The molecule has 1 heterocycles. The highest BCUT2D eigenvalue weighted by Crippen LogP contribution is 2.67. The Kier molecular flexibility index (Phi) is 9.23. The molecule has 9 atom stereocenters. The van der Waals surface area contributed by atoms with Gasteiger partial charge in [-0.1, -0.05) is 13.8 Å². The van der Waals surface area contributed by atoms with E-state index in [1.165, 1.54) is 25.7 Å². The molecule has 0 aromatic rings. The van der Waals surface area contributed by atoms with Gasteiger partial charge in [-0.15, -0.1) is 0 Å². The summed E-state index contributed by atoms with van der Waals surface area (Å²) in [5.41, 5.74) is 0.237. The van der Waals surface area contributed by atoms with Crippen LogP contribution < -0.4 is 0 Å². The first-order valence-corrected chi connectivity index (χ1v) is 17.4. The van der Waals surface area contributed by atoms with Gasteiger partial charge in [-0.3, -0.25) is 14.2 Å². The number of morpholine rings is 1. The number of nitrogens with zero attached hydrogens (tertiary/aromatic N) is 2. The van der Waals surface area contributed by atoms with Crippen molar-refractivity contribution in [1.29, 1.82) is 5.26 Å². The Morgan fingerprint density at radius 2 is 1.77 bits per heavy atom. The molecule has 0 bridgehead atoms. The van der Waals surface area contributed by atoms with E-state index < -0.39 is 10.1 Å². The molecule has 4 saturated carbocycles. The standard InChI is InChI=1S/C28H44N2O3S.CH4O3S/c1-26(2)16-30(11-12-33-26)23-14-28(4)18(13-24(23)31)5-6-19-20-7-8-22(25(32)15-34-17-29)27(20,3)10-9-21(19)28;1-5(2,3)4/h18-24,31H,5-16H2,1-4H3;1H3,(H,2,3,4)/t18-,19-,20-,21-,22+,23-,24-,27-,28-;/m0./s1. The van der Waals surface area contributed by atoms with Gasteiger partial charge in [0, 0.05) is 25.0 Å². The van der Waals surface area contributed by atoms with Gasteiger partial charge in [-0.25, -0.2) is 0 Å². The molecule has 0 spiro atoms. The summed E-state index contributed by atoms with van der Waals surface area (Å²) < 4.78 is 31.8. The summed E-state index contributed by atoms with van der Waals surface area (Å²) in [6, 6.07) is 0.234. The van der Waals surface area contributed by atoms with Gasteiger partial charge in [-0.05, 0) is 111 Å². The number of thioether (sulfide) groups is 1. The average molecular weight is 585 g/mol. The minimum absolute atomic E-state index is 0.110. The van der Waals surface area contributed by atoms with E-state index in [0.29, 0.717) is 41.5 Å². The number of carbonyl (C=O) groups excluding carboxylic acids is 1. The Morgan fingerprint density at radius 1 is 1.10 bits per heavy atom. The first-order chi connectivity index (χ1) is 18.1. The molecule has 5 fully saturated rings. The molecule has 222 valence electrons. The normalized spacial score (nSPS) is 43.6. The van der Waals surface area contributed by atoms with Crippen molar-refractivity contribution in [3.05, 3.63) is 0 Å². The molecule has 1 saturated heterocycles. The van der Waals surface area contributed by atoms with E-state index in [1.54, 1.807) is 0 Å².